The van der Waals surface area contributed by atoms with Crippen molar-refractivity contribution < 1.29 is 19.8 Å². The van der Waals surface area contributed by atoms with E-state index in [0.717, 1.165) is 27.1 Å². The summed E-state index contributed by atoms with van der Waals surface area (Å²) in [4.78, 5) is 27.2. The Labute approximate surface area is 191 Å². The molecular formula is C26H23NO4S. The van der Waals surface area contributed by atoms with E-state index in [2.05, 4.69) is 0 Å². The second kappa shape index (κ2) is 8.93. The summed E-state index contributed by atoms with van der Waals surface area (Å²) in [6.45, 7) is 2.29. The summed E-state index contributed by atoms with van der Waals surface area (Å²) >= 11 is 1.64. The third-order valence-electron chi connectivity index (χ3n) is 5.65. The zero-order valence-electron chi connectivity index (χ0n) is 17.8. The van der Waals surface area contributed by atoms with E-state index in [1.165, 1.54) is 12.1 Å². The van der Waals surface area contributed by atoms with Crippen LogP contribution in [-0.4, -0.2) is 33.2 Å². The molecule has 1 heterocycles. The molecule has 3 aromatic carbocycles. The number of aliphatic hydroxyl groups is 1. The van der Waals surface area contributed by atoms with Crippen LogP contribution in [0.3, 0.4) is 0 Å². The minimum Gasteiger partial charge on any atom is -0.503 e. The van der Waals surface area contributed by atoms with Crippen molar-refractivity contribution in [2.45, 2.75) is 24.4 Å². The minimum atomic E-state index is -1.01. The standard InChI is InChI=1S/C26H23NO4S/c1-16-3-7-18(8-4-16)22-23(19-9-11-20(12-10-19)26(30)31)27(25(29)24(22)28)15-17-5-13-21(32-2)14-6-17/h3-14,23,28H,15H2,1-2H3,(H,30,31)/t23-/m0/s1. The Morgan fingerprint density at radius 1 is 0.969 bits per heavy atom. The predicted molar refractivity (Wildman–Crippen MR) is 126 cm³/mol. The average molecular weight is 446 g/mol. The highest BCUT2D eigenvalue weighted by atomic mass is 32.2. The van der Waals surface area contributed by atoms with Crippen LogP contribution >= 0.6 is 11.8 Å². The molecule has 0 spiro atoms. The number of benzene rings is 3. The van der Waals surface area contributed by atoms with Gasteiger partial charge in [0, 0.05) is 17.0 Å². The normalized spacial score (nSPS) is 16.0. The molecule has 6 heteroatoms. The lowest BCUT2D eigenvalue weighted by molar-refractivity contribution is -0.130. The molecule has 0 bridgehead atoms. The second-order valence-electron chi connectivity index (χ2n) is 7.74. The summed E-state index contributed by atoms with van der Waals surface area (Å²) in [6.07, 6.45) is 2.01. The molecule has 5 nitrogen and oxygen atoms in total. The number of hydrogen-bond donors (Lipinski definition) is 2. The Balaban J connectivity index is 1.78. The van der Waals surface area contributed by atoms with Gasteiger partial charge in [0.15, 0.2) is 5.76 Å². The van der Waals surface area contributed by atoms with Crippen molar-refractivity contribution in [2.75, 3.05) is 6.26 Å². The van der Waals surface area contributed by atoms with Gasteiger partial charge in [-0.25, -0.2) is 4.79 Å². The van der Waals surface area contributed by atoms with E-state index in [0.29, 0.717) is 12.1 Å². The number of aromatic carboxylic acids is 1. The van der Waals surface area contributed by atoms with Gasteiger partial charge in [0.2, 0.25) is 0 Å². The number of carbonyl (C=O) groups excluding carboxylic acids is 1. The van der Waals surface area contributed by atoms with Crippen LogP contribution in [-0.2, 0) is 11.3 Å². The van der Waals surface area contributed by atoms with Crippen LogP contribution in [0, 0.1) is 6.92 Å². The molecule has 3 aromatic rings. The first kappa shape index (κ1) is 21.7. The van der Waals surface area contributed by atoms with Crippen LogP contribution in [0.2, 0.25) is 0 Å². The maximum Gasteiger partial charge on any atom is 0.335 e. The minimum absolute atomic E-state index is 0.169. The first-order valence-corrected chi connectivity index (χ1v) is 11.4. The molecule has 0 fully saturated rings. The zero-order valence-corrected chi connectivity index (χ0v) is 18.6. The lowest BCUT2D eigenvalue weighted by Crippen LogP contribution is -2.29. The fourth-order valence-corrected chi connectivity index (χ4v) is 4.34. The van der Waals surface area contributed by atoms with Crippen LogP contribution in [0.1, 0.15) is 38.7 Å². The quantitative estimate of drug-likeness (QED) is 0.492. The van der Waals surface area contributed by atoms with Crippen LogP contribution < -0.4 is 0 Å². The SMILES string of the molecule is CSc1ccc(CN2C(=O)C(O)=C(c3ccc(C)cc3)[C@@H]2c2ccc(C(=O)O)cc2)cc1. The molecular weight excluding hydrogens is 422 g/mol. The summed E-state index contributed by atoms with van der Waals surface area (Å²) in [7, 11) is 0. The highest BCUT2D eigenvalue weighted by Crippen LogP contribution is 2.43. The van der Waals surface area contributed by atoms with E-state index in [1.807, 2.05) is 61.7 Å². The smallest absolute Gasteiger partial charge is 0.335 e. The largest absolute Gasteiger partial charge is 0.503 e. The van der Waals surface area contributed by atoms with E-state index in [1.54, 1.807) is 28.8 Å². The summed E-state index contributed by atoms with van der Waals surface area (Å²) in [6, 6.07) is 21.6. The van der Waals surface area contributed by atoms with Crippen molar-refractivity contribution in [1.82, 2.24) is 4.90 Å². The van der Waals surface area contributed by atoms with Gasteiger partial charge in [0.25, 0.3) is 5.91 Å². The third-order valence-corrected chi connectivity index (χ3v) is 6.40. The Kier molecular flexibility index (Phi) is 6.06. The topological polar surface area (TPSA) is 77.8 Å². The maximum absolute atomic E-state index is 13.2. The average Bonchev–Trinajstić information content (AvgIpc) is 3.05. The molecule has 1 amide bonds. The molecule has 0 radical (unpaired) electrons. The van der Waals surface area contributed by atoms with Gasteiger partial charge >= 0.3 is 5.97 Å². The lowest BCUT2D eigenvalue weighted by atomic mass is 9.92. The van der Waals surface area contributed by atoms with Gasteiger partial charge in [-0.2, -0.15) is 0 Å². The van der Waals surface area contributed by atoms with Crippen molar-refractivity contribution in [3.05, 3.63) is 106 Å². The molecule has 1 aliphatic heterocycles. The Bertz CT molecular complexity index is 1180. The summed E-state index contributed by atoms with van der Waals surface area (Å²) in [5.74, 6) is -1.73. The summed E-state index contributed by atoms with van der Waals surface area (Å²) in [5, 5.41) is 20.1. The van der Waals surface area contributed by atoms with Gasteiger partial charge in [-0.1, -0.05) is 54.1 Å². The zero-order chi connectivity index (χ0) is 22.8. The van der Waals surface area contributed by atoms with E-state index in [4.69, 9.17) is 0 Å². The van der Waals surface area contributed by atoms with Crippen LogP contribution in [0.5, 0.6) is 0 Å². The molecule has 0 saturated carbocycles. The third kappa shape index (κ3) is 4.14. The lowest BCUT2D eigenvalue weighted by Gasteiger charge is -2.27. The Morgan fingerprint density at radius 3 is 2.16 bits per heavy atom. The van der Waals surface area contributed by atoms with E-state index in [9.17, 15) is 19.8 Å². The van der Waals surface area contributed by atoms with Crippen molar-refractivity contribution >= 4 is 29.2 Å². The molecule has 0 aromatic heterocycles. The number of aliphatic hydroxyl groups excluding tert-OH is 1. The van der Waals surface area contributed by atoms with Crippen LogP contribution in [0.25, 0.3) is 5.57 Å². The fraction of sp³-hybridized carbons (Fsp3) is 0.154. The monoisotopic (exact) mass is 445 g/mol. The molecule has 0 saturated heterocycles. The predicted octanol–water partition coefficient (Wildman–Crippen LogP) is 5.47. The number of carboxylic acids is 1. The van der Waals surface area contributed by atoms with Gasteiger partial charge in [-0.3, -0.25) is 4.79 Å². The summed E-state index contributed by atoms with van der Waals surface area (Å²) in [5.41, 5.74) is 4.21. The number of hydrogen-bond acceptors (Lipinski definition) is 4. The van der Waals surface area contributed by atoms with Crippen LogP contribution in [0.4, 0.5) is 0 Å². The molecule has 2 N–H and O–H groups in total. The molecule has 32 heavy (non-hydrogen) atoms. The van der Waals surface area contributed by atoms with Gasteiger partial charge in [-0.15, -0.1) is 11.8 Å². The molecule has 0 unspecified atom stereocenters. The maximum atomic E-state index is 13.2. The van der Waals surface area contributed by atoms with Crippen molar-refractivity contribution in [3.8, 4) is 0 Å². The molecule has 4 rings (SSSR count). The van der Waals surface area contributed by atoms with Crippen molar-refractivity contribution in [2.24, 2.45) is 0 Å². The van der Waals surface area contributed by atoms with Gasteiger partial charge in [0.1, 0.15) is 0 Å². The number of amides is 1. The van der Waals surface area contributed by atoms with Gasteiger partial charge in [0.05, 0.1) is 11.6 Å². The van der Waals surface area contributed by atoms with Gasteiger partial charge in [-0.05, 0) is 54.1 Å². The Morgan fingerprint density at radius 2 is 1.59 bits per heavy atom. The van der Waals surface area contributed by atoms with E-state index >= 15 is 0 Å². The molecule has 162 valence electrons. The number of nitrogens with zero attached hydrogens (tertiary/aromatic N) is 1. The number of rotatable bonds is 6. The van der Waals surface area contributed by atoms with E-state index in [-0.39, 0.29) is 11.3 Å². The van der Waals surface area contributed by atoms with E-state index < -0.39 is 17.9 Å². The highest BCUT2D eigenvalue weighted by Gasteiger charge is 2.41. The van der Waals surface area contributed by atoms with Gasteiger partial charge < -0.3 is 15.1 Å². The fourth-order valence-electron chi connectivity index (χ4n) is 3.93. The highest BCUT2D eigenvalue weighted by molar-refractivity contribution is 7.98. The molecule has 0 aliphatic carbocycles. The van der Waals surface area contributed by atoms with Crippen molar-refractivity contribution in [3.63, 3.8) is 0 Å². The number of carbonyl (C=O) groups is 2. The van der Waals surface area contributed by atoms with Crippen molar-refractivity contribution in [1.29, 1.82) is 0 Å². The number of aryl methyl sites for hydroxylation is 1. The Hall–Kier alpha value is -3.51. The first-order valence-electron chi connectivity index (χ1n) is 10.2. The first-order chi connectivity index (χ1) is 15.4. The second-order valence-corrected chi connectivity index (χ2v) is 8.62. The number of thioether (sulfide) groups is 1. The molecule has 1 atom stereocenters. The molecule has 1 aliphatic rings. The number of carboxylic acid groups (broad SMARTS) is 1. The summed E-state index contributed by atoms with van der Waals surface area (Å²) < 4.78 is 0. The van der Waals surface area contributed by atoms with Crippen LogP contribution in [0.15, 0.2) is 83.5 Å².